The minimum atomic E-state index is -1.82. The Bertz CT molecular complexity index is 1020. The van der Waals surface area contributed by atoms with Crippen LogP contribution >= 0.6 is 0 Å². The van der Waals surface area contributed by atoms with Gasteiger partial charge in [-0.25, -0.2) is 9.59 Å². The second-order valence-electron chi connectivity index (χ2n) is 7.92. The highest BCUT2D eigenvalue weighted by Gasteiger charge is 2.17. The molecule has 0 atom stereocenters. The van der Waals surface area contributed by atoms with Gasteiger partial charge in [0.1, 0.15) is 12.4 Å². The fraction of sp³-hybridized carbons (Fsp3) is 0.259. The predicted molar refractivity (Wildman–Crippen MR) is 131 cm³/mol. The molecule has 1 aliphatic heterocycles. The van der Waals surface area contributed by atoms with Gasteiger partial charge in [0.05, 0.1) is 0 Å². The lowest BCUT2D eigenvalue weighted by atomic mass is 10.1. The lowest BCUT2D eigenvalue weighted by Crippen LogP contribution is -2.47. The molecule has 2 N–H and O–H groups in total. The molecule has 1 fully saturated rings. The molecule has 1 heterocycles. The molecule has 34 heavy (non-hydrogen) atoms. The second kappa shape index (κ2) is 13.1. The maximum absolute atomic E-state index is 9.10. The van der Waals surface area contributed by atoms with Crippen molar-refractivity contribution in [3.63, 3.8) is 0 Å². The molecule has 0 spiro atoms. The predicted octanol–water partition coefficient (Wildman–Crippen LogP) is 3.71. The summed E-state index contributed by atoms with van der Waals surface area (Å²) in [5, 5.41) is 14.8. The van der Waals surface area contributed by atoms with Gasteiger partial charge in [-0.2, -0.15) is 0 Å². The van der Waals surface area contributed by atoms with Crippen LogP contribution in [0.25, 0.3) is 11.1 Å². The second-order valence-corrected chi connectivity index (χ2v) is 7.92. The topological polar surface area (TPSA) is 90.3 Å². The quantitative estimate of drug-likeness (QED) is 0.518. The summed E-state index contributed by atoms with van der Waals surface area (Å²) in [6.07, 6.45) is 0. The number of para-hydroxylation sites is 1. The number of carbonyl (C=O) groups is 2. The fourth-order valence-corrected chi connectivity index (χ4v) is 3.75. The van der Waals surface area contributed by atoms with Gasteiger partial charge in [-0.15, -0.1) is 0 Å². The maximum atomic E-state index is 9.10. The standard InChI is InChI=1S/C25H28N2O.C2H2O4/c1-3-9-22(10-4-1)21-27-17-15-26(16-18-27)19-20-28-25-14-8-7-13-24(25)23-11-5-2-6-12-23;3-1(4)2(5)6/h1-14H,15-21H2;(H,3,4)(H,5,6). The Morgan fingerprint density at radius 3 is 1.85 bits per heavy atom. The lowest BCUT2D eigenvalue weighted by molar-refractivity contribution is -0.159. The van der Waals surface area contributed by atoms with Gasteiger partial charge >= 0.3 is 11.9 Å². The molecule has 3 aromatic rings. The summed E-state index contributed by atoms with van der Waals surface area (Å²) in [6.45, 7) is 7.21. The summed E-state index contributed by atoms with van der Waals surface area (Å²) in [7, 11) is 0. The normalized spacial score (nSPS) is 14.0. The Morgan fingerprint density at radius 2 is 1.24 bits per heavy atom. The number of hydrogen-bond donors (Lipinski definition) is 2. The van der Waals surface area contributed by atoms with Crippen molar-refractivity contribution in [2.24, 2.45) is 0 Å². The van der Waals surface area contributed by atoms with Gasteiger partial charge < -0.3 is 14.9 Å². The van der Waals surface area contributed by atoms with E-state index in [0.29, 0.717) is 0 Å². The Balaban J connectivity index is 0.000000481. The first kappa shape index (κ1) is 25.0. The maximum Gasteiger partial charge on any atom is 0.414 e. The number of benzene rings is 3. The summed E-state index contributed by atoms with van der Waals surface area (Å²) >= 11 is 0. The van der Waals surface area contributed by atoms with Crippen LogP contribution in [-0.2, 0) is 16.1 Å². The van der Waals surface area contributed by atoms with Crippen LogP contribution in [0.1, 0.15) is 5.56 Å². The van der Waals surface area contributed by atoms with Crippen LogP contribution in [0.3, 0.4) is 0 Å². The molecule has 1 aliphatic rings. The molecule has 0 aliphatic carbocycles. The molecule has 0 saturated carbocycles. The van der Waals surface area contributed by atoms with E-state index < -0.39 is 11.9 Å². The zero-order valence-electron chi connectivity index (χ0n) is 19.0. The van der Waals surface area contributed by atoms with E-state index >= 15 is 0 Å². The van der Waals surface area contributed by atoms with Crippen molar-refractivity contribution in [1.29, 1.82) is 0 Å². The summed E-state index contributed by atoms with van der Waals surface area (Å²) in [5.41, 5.74) is 3.76. The van der Waals surface area contributed by atoms with Crippen LogP contribution < -0.4 is 4.74 Å². The molecular formula is C27H30N2O5. The van der Waals surface area contributed by atoms with E-state index in [0.717, 1.165) is 57.2 Å². The molecular weight excluding hydrogens is 432 g/mol. The zero-order valence-corrected chi connectivity index (χ0v) is 19.0. The van der Waals surface area contributed by atoms with Gasteiger partial charge in [0.25, 0.3) is 0 Å². The van der Waals surface area contributed by atoms with E-state index in [9.17, 15) is 0 Å². The number of rotatable bonds is 7. The number of nitrogens with zero attached hydrogens (tertiary/aromatic N) is 2. The largest absolute Gasteiger partial charge is 0.492 e. The number of aliphatic carboxylic acids is 2. The average molecular weight is 463 g/mol. The molecule has 0 bridgehead atoms. The zero-order chi connectivity index (χ0) is 24.2. The number of piperazine rings is 1. The molecule has 0 unspecified atom stereocenters. The third-order valence-corrected chi connectivity index (χ3v) is 5.53. The molecule has 7 nitrogen and oxygen atoms in total. The van der Waals surface area contributed by atoms with Crippen LogP contribution in [0.5, 0.6) is 5.75 Å². The third kappa shape index (κ3) is 8.03. The van der Waals surface area contributed by atoms with E-state index in [1.165, 1.54) is 11.1 Å². The van der Waals surface area contributed by atoms with Crippen LogP contribution in [0, 0.1) is 0 Å². The first-order chi connectivity index (χ1) is 16.5. The van der Waals surface area contributed by atoms with E-state index in [1.54, 1.807) is 0 Å². The number of hydrogen-bond acceptors (Lipinski definition) is 5. The molecule has 3 aromatic carbocycles. The highest BCUT2D eigenvalue weighted by molar-refractivity contribution is 6.27. The molecule has 7 heteroatoms. The van der Waals surface area contributed by atoms with Crippen molar-refractivity contribution >= 4 is 11.9 Å². The van der Waals surface area contributed by atoms with Crippen molar-refractivity contribution in [2.75, 3.05) is 39.3 Å². The fourth-order valence-electron chi connectivity index (χ4n) is 3.75. The first-order valence-electron chi connectivity index (χ1n) is 11.2. The van der Waals surface area contributed by atoms with Gasteiger partial charge in [-0.1, -0.05) is 78.9 Å². The van der Waals surface area contributed by atoms with Crippen molar-refractivity contribution in [2.45, 2.75) is 6.54 Å². The Kier molecular flexibility index (Phi) is 9.64. The average Bonchev–Trinajstić information content (AvgIpc) is 2.87. The van der Waals surface area contributed by atoms with E-state index in [4.69, 9.17) is 24.5 Å². The highest BCUT2D eigenvalue weighted by Crippen LogP contribution is 2.29. The summed E-state index contributed by atoms with van der Waals surface area (Å²) in [6, 6.07) is 29.5. The van der Waals surface area contributed by atoms with Crippen LogP contribution in [0.4, 0.5) is 0 Å². The van der Waals surface area contributed by atoms with Crippen molar-refractivity contribution < 1.29 is 24.5 Å². The number of carboxylic acid groups (broad SMARTS) is 2. The molecule has 178 valence electrons. The van der Waals surface area contributed by atoms with Crippen LogP contribution in [-0.4, -0.2) is 71.3 Å². The van der Waals surface area contributed by atoms with Gasteiger partial charge in [0, 0.05) is 44.8 Å². The molecule has 0 radical (unpaired) electrons. The SMILES string of the molecule is O=C(O)C(=O)O.c1ccc(CN2CCN(CCOc3ccccc3-c3ccccc3)CC2)cc1. The van der Waals surface area contributed by atoms with Gasteiger partial charge in [-0.05, 0) is 17.2 Å². The lowest BCUT2D eigenvalue weighted by Gasteiger charge is -2.34. The Morgan fingerprint density at radius 1 is 0.706 bits per heavy atom. The minimum absolute atomic E-state index is 0.725. The van der Waals surface area contributed by atoms with E-state index in [-0.39, 0.29) is 0 Å². The van der Waals surface area contributed by atoms with Gasteiger partial charge in [0.15, 0.2) is 0 Å². The van der Waals surface area contributed by atoms with Crippen LogP contribution in [0.2, 0.25) is 0 Å². The molecule has 0 amide bonds. The summed E-state index contributed by atoms with van der Waals surface area (Å²) in [5.74, 6) is -2.68. The van der Waals surface area contributed by atoms with Crippen molar-refractivity contribution in [3.8, 4) is 16.9 Å². The molecule has 0 aromatic heterocycles. The van der Waals surface area contributed by atoms with Crippen molar-refractivity contribution in [3.05, 3.63) is 90.5 Å². The summed E-state index contributed by atoms with van der Waals surface area (Å²) in [4.78, 5) is 23.2. The van der Waals surface area contributed by atoms with Gasteiger partial charge in [-0.3, -0.25) is 9.80 Å². The minimum Gasteiger partial charge on any atom is -0.492 e. The van der Waals surface area contributed by atoms with E-state index in [1.807, 2.05) is 12.1 Å². The molecule has 1 saturated heterocycles. The number of carboxylic acids is 2. The summed E-state index contributed by atoms with van der Waals surface area (Å²) < 4.78 is 6.16. The highest BCUT2D eigenvalue weighted by atomic mass is 16.5. The molecule has 4 rings (SSSR count). The Hall–Kier alpha value is -3.68. The van der Waals surface area contributed by atoms with Gasteiger partial charge in [0.2, 0.25) is 0 Å². The van der Waals surface area contributed by atoms with Crippen LogP contribution in [0.15, 0.2) is 84.9 Å². The monoisotopic (exact) mass is 462 g/mol. The smallest absolute Gasteiger partial charge is 0.414 e. The first-order valence-corrected chi connectivity index (χ1v) is 11.2. The van der Waals surface area contributed by atoms with Crippen molar-refractivity contribution in [1.82, 2.24) is 9.80 Å². The Labute approximate surface area is 199 Å². The number of ether oxygens (including phenoxy) is 1. The van der Waals surface area contributed by atoms with E-state index in [2.05, 4.69) is 82.6 Å². The third-order valence-electron chi connectivity index (χ3n) is 5.53.